The van der Waals surface area contributed by atoms with Crippen LogP contribution in [0.4, 0.5) is 0 Å². The molecule has 7 nitrogen and oxygen atoms in total. The monoisotopic (exact) mass is 572 g/mol. The second kappa shape index (κ2) is 17.3. The molecule has 0 spiro atoms. The molecular weight excluding hydrogens is 528 g/mol. The second-order valence-corrected chi connectivity index (χ2v) is 10.6. The number of hydrogen-bond donors (Lipinski definition) is 0. The zero-order chi connectivity index (χ0) is 29.4. The third-order valence-electron chi connectivity index (χ3n) is 7.24. The minimum atomic E-state index is -0.522. The summed E-state index contributed by atoms with van der Waals surface area (Å²) in [5.74, 6) is 1.31. The maximum Gasteiger partial charge on any atom is 0.311 e. The Hall–Kier alpha value is -3.71. The number of hydrogen-bond acceptors (Lipinski definition) is 7. The van der Waals surface area contributed by atoms with Crippen molar-refractivity contribution < 1.29 is 23.7 Å². The molecule has 2 heterocycles. The van der Waals surface area contributed by atoms with Gasteiger partial charge in [0.05, 0.1) is 0 Å². The van der Waals surface area contributed by atoms with Crippen LogP contribution in [0, 0.1) is 0 Å². The predicted octanol–water partition coefficient (Wildman–Crippen LogP) is 8.59. The predicted molar refractivity (Wildman–Crippen MR) is 164 cm³/mol. The largest absolute Gasteiger partial charge is 0.454 e. The first-order chi connectivity index (χ1) is 20.7. The van der Waals surface area contributed by atoms with Crippen molar-refractivity contribution in [2.45, 2.75) is 90.8 Å². The van der Waals surface area contributed by atoms with Crippen molar-refractivity contribution in [3.8, 4) is 16.9 Å². The fourth-order valence-corrected chi connectivity index (χ4v) is 4.80. The number of ether oxygens (including phenoxy) is 4. The third-order valence-corrected chi connectivity index (χ3v) is 7.24. The van der Waals surface area contributed by atoms with Gasteiger partial charge in [0.2, 0.25) is 5.76 Å². The van der Waals surface area contributed by atoms with E-state index in [9.17, 15) is 4.79 Å². The Labute approximate surface area is 250 Å². The molecule has 1 atom stereocenters. The molecule has 1 unspecified atom stereocenters. The minimum absolute atomic E-state index is 0.199. The first-order valence-electron chi connectivity index (χ1n) is 15.5. The van der Waals surface area contributed by atoms with Crippen LogP contribution in [0.3, 0.4) is 0 Å². The Morgan fingerprint density at radius 1 is 0.810 bits per heavy atom. The summed E-state index contributed by atoms with van der Waals surface area (Å²) in [6.45, 7) is 6.00. The molecule has 0 N–H and O–H groups in total. The van der Waals surface area contributed by atoms with Gasteiger partial charge in [-0.05, 0) is 55.4 Å². The smallest absolute Gasteiger partial charge is 0.311 e. The molecule has 1 aromatic heterocycles. The fraction of sp³-hybridized carbons (Fsp3) is 0.457. The Bertz CT molecular complexity index is 1260. The first-order valence-corrected chi connectivity index (χ1v) is 15.5. The van der Waals surface area contributed by atoms with Crippen LogP contribution in [0.5, 0.6) is 5.75 Å². The van der Waals surface area contributed by atoms with E-state index in [1.54, 1.807) is 30.8 Å². The van der Waals surface area contributed by atoms with Gasteiger partial charge < -0.3 is 18.9 Å². The molecule has 0 aliphatic carbocycles. The SMILES string of the molecule is CCCCCCOCCCCc1ccccc1C1OC=C(c2ncc(-c3ccc(OC(=O)CCCCC)cc3)cn2)O1. The molecule has 3 aromatic rings. The number of unbranched alkanes of at least 4 members (excludes halogenated alkanes) is 6. The third kappa shape index (κ3) is 9.69. The van der Waals surface area contributed by atoms with Crippen molar-refractivity contribution in [3.05, 3.63) is 84.1 Å². The van der Waals surface area contributed by atoms with E-state index in [0.717, 1.165) is 74.8 Å². The number of carbonyl (C=O) groups excluding carboxylic acids is 1. The van der Waals surface area contributed by atoms with E-state index < -0.39 is 6.29 Å². The second-order valence-electron chi connectivity index (χ2n) is 10.6. The highest BCUT2D eigenvalue weighted by Crippen LogP contribution is 2.34. The van der Waals surface area contributed by atoms with Gasteiger partial charge in [-0.2, -0.15) is 0 Å². The lowest BCUT2D eigenvalue weighted by Crippen LogP contribution is -2.07. The molecule has 2 aromatic carbocycles. The molecule has 0 amide bonds. The lowest BCUT2D eigenvalue weighted by atomic mass is 10.0. The highest BCUT2D eigenvalue weighted by Gasteiger charge is 2.26. The van der Waals surface area contributed by atoms with Crippen LogP contribution < -0.4 is 4.74 Å². The topological polar surface area (TPSA) is 79.8 Å². The first kappa shape index (κ1) is 31.2. The van der Waals surface area contributed by atoms with Crippen LogP contribution in [0.1, 0.15) is 101 Å². The van der Waals surface area contributed by atoms with E-state index in [0.29, 0.717) is 23.8 Å². The van der Waals surface area contributed by atoms with Crippen molar-refractivity contribution in [2.24, 2.45) is 0 Å². The normalized spacial score (nSPS) is 14.2. The number of esters is 1. The molecule has 1 aliphatic heterocycles. The van der Waals surface area contributed by atoms with Crippen LogP contribution >= 0.6 is 0 Å². The van der Waals surface area contributed by atoms with Crippen molar-refractivity contribution in [1.82, 2.24) is 9.97 Å². The van der Waals surface area contributed by atoms with Gasteiger partial charge in [-0.25, -0.2) is 9.97 Å². The quantitative estimate of drug-likeness (QED) is 0.0858. The van der Waals surface area contributed by atoms with E-state index in [2.05, 4.69) is 42.0 Å². The Balaban J connectivity index is 1.25. The molecule has 0 saturated carbocycles. The molecule has 1 aliphatic rings. The molecule has 0 radical (unpaired) electrons. The van der Waals surface area contributed by atoms with Crippen LogP contribution in [0.2, 0.25) is 0 Å². The van der Waals surface area contributed by atoms with Gasteiger partial charge in [0.15, 0.2) is 5.82 Å². The number of nitrogens with zero attached hydrogens (tertiary/aromatic N) is 2. The van der Waals surface area contributed by atoms with E-state index in [4.69, 9.17) is 18.9 Å². The molecule has 4 rings (SSSR count). The summed E-state index contributed by atoms with van der Waals surface area (Å²) in [7, 11) is 0. The molecule has 0 fully saturated rings. The number of aryl methyl sites for hydroxylation is 1. The van der Waals surface area contributed by atoms with Gasteiger partial charge in [0.1, 0.15) is 12.0 Å². The minimum Gasteiger partial charge on any atom is -0.454 e. The maximum atomic E-state index is 12.0. The molecule has 0 saturated heterocycles. The number of benzene rings is 2. The maximum absolute atomic E-state index is 12.0. The average molecular weight is 573 g/mol. The summed E-state index contributed by atoms with van der Waals surface area (Å²) in [6.07, 6.45) is 15.9. The average Bonchev–Trinajstić information content (AvgIpc) is 3.51. The highest BCUT2D eigenvalue weighted by atomic mass is 16.7. The summed E-state index contributed by atoms with van der Waals surface area (Å²) in [5.41, 5.74) is 4.02. The van der Waals surface area contributed by atoms with Crippen molar-refractivity contribution >= 4 is 11.7 Å². The zero-order valence-corrected chi connectivity index (χ0v) is 25.1. The van der Waals surface area contributed by atoms with E-state index in [-0.39, 0.29) is 5.97 Å². The molecule has 42 heavy (non-hydrogen) atoms. The number of carbonyl (C=O) groups is 1. The number of rotatable bonds is 18. The Morgan fingerprint density at radius 3 is 2.29 bits per heavy atom. The fourth-order valence-electron chi connectivity index (χ4n) is 4.80. The standard InChI is InChI=1S/C35H44N2O5/c1-3-5-7-12-22-39-23-13-11-15-28-14-9-10-16-31(28)35-40-26-32(42-35)34-36-24-29(25-37-34)27-18-20-30(21-19-27)41-33(38)17-8-6-4-2/h9-10,14,16,18-21,24-26,35H,3-8,11-13,15,17,22-23H2,1-2H3. The van der Waals surface area contributed by atoms with Gasteiger partial charge in [-0.1, -0.05) is 82.3 Å². The van der Waals surface area contributed by atoms with Crippen molar-refractivity contribution in [2.75, 3.05) is 13.2 Å². The molecule has 0 bridgehead atoms. The summed E-state index contributed by atoms with van der Waals surface area (Å²) in [4.78, 5) is 21.0. The summed E-state index contributed by atoms with van der Waals surface area (Å²) < 4.78 is 23.3. The van der Waals surface area contributed by atoms with Crippen LogP contribution in [0.25, 0.3) is 16.9 Å². The van der Waals surface area contributed by atoms with Crippen LogP contribution in [-0.4, -0.2) is 29.2 Å². The summed E-state index contributed by atoms with van der Waals surface area (Å²) >= 11 is 0. The zero-order valence-electron chi connectivity index (χ0n) is 25.1. The summed E-state index contributed by atoms with van der Waals surface area (Å²) in [6, 6.07) is 15.6. The van der Waals surface area contributed by atoms with E-state index in [1.165, 1.54) is 24.8 Å². The summed E-state index contributed by atoms with van der Waals surface area (Å²) in [5, 5.41) is 0. The highest BCUT2D eigenvalue weighted by molar-refractivity contribution is 5.73. The van der Waals surface area contributed by atoms with Gasteiger partial charge in [0, 0.05) is 43.2 Å². The Kier molecular flexibility index (Phi) is 12.9. The van der Waals surface area contributed by atoms with Crippen molar-refractivity contribution in [1.29, 1.82) is 0 Å². The number of aromatic nitrogens is 2. The van der Waals surface area contributed by atoms with Gasteiger partial charge in [-0.3, -0.25) is 4.79 Å². The lowest BCUT2D eigenvalue weighted by molar-refractivity contribution is -0.134. The molecular formula is C35H44N2O5. The Morgan fingerprint density at radius 2 is 1.52 bits per heavy atom. The van der Waals surface area contributed by atoms with Gasteiger partial charge >= 0.3 is 5.97 Å². The van der Waals surface area contributed by atoms with Crippen LogP contribution in [-0.2, 0) is 25.4 Å². The van der Waals surface area contributed by atoms with Gasteiger partial charge in [0.25, 0.3) is 6.29 Å². The van der Waals surface area contributed by atoms with Crippen molar-refractivity contribution in [3.63, 3.8) is 0 Å². The van der Waals surface area contributed by atoms with Gasteiger partial charge in [-0.15, -0.1) is 0 Å². The van der Waals surface area contributed by atoms with E-state index >= 15 is 0 Å². The molecule has 224 valence electrons. The lowest BCUT2D eigenvalue weighted by Gasteiger charge is -2.16. The molecule has 7 heteroatoms. The van der Waals surface area contributed by atoms with E-state index in [1.807, 2.05) is 18.2 Å². The van der Waals surface area contributed by atoms with Crippen LogP contribution in [0.15, 0.2) is 67.2 Å².